The minimum Gasteiger partial charge on any atom is -0.480 e. The van der Waals surface area contributed by atoms with E-state index in [0.29, 0.717) is 0 Å². The van der Waals surface area contributed by atoms with Gasteiger partial charge in [-0.2, -0.15) is 0 Å². The Bertz CT molecular complexity index is 590. The third-order valence-electron chi connectivity index (χ3n) is 3.13. The summed E-state index contributed by atoms with van der Waals surface area (Å²) in [6.45, 7) is -0.0995. The summed E-state index contributed by atoms with van der Waals surface area (Å²) in [5.41, 5.74) is -0.0104. The van der Waals surface area contributed by atoms with Crippen LogP contribution in [0.25, 0.3) is 0 Å². The second kappa shape index (κ2) is 5.75. The topological polar surface area (TPSA) is 133 Å². The maximum Gasteiger partial charge on any atom is 0.326 e. The third kappa shape index (κ3) is 3.26. The van der Waals surface area contributed by atoms with E-state index in [-0.39, 0.29) is 24.3 Å². The van der Waals surface area contributed by atoms with E-state index in [1.54, 1.807) is 0 Å². The monoisotopic (exact) mass is 295 g/mol. The normalized spacial score (nSPS) is 21.1. The smallest absolute Gasteiger partial charge is 0.326 e. The number of hydrogen-bond donors (Lipinski definition) is 3. The minimum absolute atomic E-state index is 0.0440. The van der Waals surface area contributed by atoms with Gasteiger partial charge in [-0.25, -0.2) is 9.59 Å². The van der Waals surface area contributed by atoms with Crippen LogP contribution in [0.1, 0.15) is 6.42 Å². The van der Waals surface area contributed by atoms with Crippen LogP contribution in [0.15, 0.2) is 24.3 Å². The molecule has 0 aliphatic carbocycles. The number of benzene rings is 1. The number of aliphatic hydroxyl groups is 1. The Kier molecular flexibility index (Phi) is 4.03. The highest BCUT2D eigenvalue weighted by molar-refractivity contribution is 5.93. The van der Waals surface area contributed by atoms with E-state index in [2.05, 4.69) is 5.32 Å². The number of β-amino-alcohol motifs (C(OH)–C–C–N with tert-alkyl or cyclic N) is 1. The number of nitrogens with one attached hydrogen (secondary N) is 1. The van der Waals surface area contributed by atoms with Gasteiger partial charge in [-0.05, 0) is 6.07 Å². The molecule has 9 heteroatoms. The number of non-ortho nitro benzene ring substituents is 1. The highest BCUT2D eigenvalue weighted by Crippen LogP contribution is 2.21. The first-order chi connectivity index (χ1) is 9.88. The quantitative estimate of drug-likeness (QED) is 0.553. The van der Waals surface area contributed by atoms with Gasteiger partial charge in [0.15, 0.2) is 0 Å². The van der Waals surface area contributed by atoms with E-state index in [9.17, 15) is 24.8 Å². The molecule has 0 spiro atoms. The van der Waals surface area contributed by atoms with Crippen molar-refractivity contribution in [1.82, 2.24) is 4.90 Å². The zero-order chi connectivity index (χ0) is 15.6. The molecular weight excluding hydrogens is 282 g/mol. The molecule has 1 aromatic carbocycles. The second-order valence-electron chi connectivity index (χ2n) is 4.63. The van der Waals surface area contributed by atoms with Gasteiger partial charge in [0.2, 0.25) is 0 Å². The summed E-state index contributed by atoms with van der Waals surface area (Å²) in [5, 5.41) is 31.5. The van der Waals surface area contributed by atoms with Gasteiger partial charge < -0.3 is 20.4 Å². The number of nitro benzene ring substituents is 1. The number of nitrogens with zero attached hydrogens (tertiary/aromatic N) is 2. The fraction of sp³-hybridized carbons (Fsp3) is 0.333. The lowest BCUT2D eigenvalue weighted by Gasteiger charge is -2.21. The SMILES string of the molecule is O=C(O)[C@@H]1C[C@H](O)CN1C(=O)Nc1cccc([N+](=O)[O-])c1. The number of aliphatic hydroxyl groups excluding tert-OH is 1. The number of urea groups is 1. The molecule has 1 heterocycles. The number of likely N-dealkylation sites (tertiary alicyclic amines) is 1. The maximum atomic E-state index is 12.0. The fourth-order valence-electron chi connectivity index (χ4n) is 2.16. The van der Waals surface area contributed by atoms with Crippen molar-refractivity contribution < 1.29 is 24.7 Å². The lowest BCUT2D eigenvalue weighted by molar-refractivity contribution is -0.384. The van der Waals surface area contributed by atoms with Gasteiger partial charge in [-0.3, -0.25) is 10.1 Å². The molecule has 1 fully saturated rings. The van der Waals surface area contributed by atoms with Crippen LogP contribution in [-0.2, 0) is 4.79 Å². The molecule has 9 nitrogen and oxygen atoms in total. The van der Waals surface area contributed by atoms with Gasteiger partial charge in [0.05, 0.1) is 11.0 Å². The number of anilines is 1. The number of aliphatic carboxylic acids is 1. The molecule has 21 heavy (non-hydrogen) atoms. The van der Waals surface area contributed by atoms with E-state index < -0.39 is 29.1 Å². The van der Waals surface area contributed by atoms with Crippen molar-refractivity contribution in [2.24, 2.45) is 0 Å². The molecule has 1 aliphatic rings. The van der Waals surface area contributed by atoms with Gasteiger partial charge in [0.1, 0.15) is 6.04 Å². The first kappa shape index (κ1) is 14.7. The van der Waals surface area contributed by atoms with Crippen molar-refractivity contribution in [2.75, 3.05) is 11.9 Å². The van der Waals surface area contributed by atoms with Gasteiger partial charge >= 0.3 is 12.0 Å². The van der Waals surface area contributed by atoms with Crippen molar-refractivity contribution in [2.45, 2.75) is 18.6 Å². The number of amides is 2. The van der Waals surface area contributed by atoms with E-state index >= 15 is 0 Å². The van der Waals surface area contributed by atoms with Crippen LogP contribution in [0, 0.1) is 10.1 Å². The molecule has 1 saturated heterocycles. The lowest BCUT2D eigenvalue weighted by atomic mass is 10.2. The standard InChI is InChI=1S/C12H13N3O6/c16-9-5-10(11(17)18)14(6-9)12(19)13-7-2-1-3-8(4-7)15(20)21/h1-4,9-10,16H,5-6H2,(H,13,19)(H,17,18)/t9-,10-/m0/s1. The molecule has 1 aliphatic heterocycles. The molecule has 0 bridgehead atoms. The van der Waals surface area contributed by atoms with Crippen LogP contribution in [0.2, 0.25) is 0 Å². The van der Waals surface area contributed by atoms with E-state index in [1.807, 2.05) is 0 Å². The predicted molar refractivity (Wildman–Crippen MR) is 70.9 cm³/mol. The molecule has 112 valence electrons. The summed E-state index contributed by atoms with van der Waals surface area (Å²) in [6, 6.07) is 3.46. The van der Waals surface area contributed by atoms with E-state index in [4.69, 9.17) is 5.11 Å². The Morgan fingerprint density at radius 3 is 2.76 bits per heavy atom. The predicted octanol–water partition coefficient (Wildman–Crippen LogP) is 0.646. The van der Waals surface area contributed by atoms with Crippen LogP contribution in [0.5, 0.6) is 0 Å². The second-order valence-corrected chi connectivity index (χ2v) is 4.63. The number of carboxylic acids is 1. The average molecular weight is 295 g/mol. The molecular formula is C12H13N3O6. The molecule has 2 amide bonds. The zero-order valence-corrected chi connectivity index (χ0v) is 10.8. The Morgan fingerprint density at radius 2 is 2.14 bits per heavy atom. The van der Waals surface area contributed by atoms with Crippen LogP contribution in [-0.4, -0.2) is 50.7 Å². The number of hydrogen-bond acceptors (Lipinski definition) is 5. The summed E-state index contributed by atoms with van der Waals surface area (Å²) in [5.74, 6) is -1.21. The van der Waals surface area contributed by atoms with Crippen LogP contribution in [0.4, 0.5) is 16.2 Å². The zero-order valence-electron chi connectivity index (χ0n) is 10.8. The molecule has 2 rings (SSSR count). The Balaban J connectivity index is 2.12. The van der Waals surface area contributed by atoms with Crippen LogP contribution in [0.3, 0.4) is 0 Å². The molecule has 2 atom stereocenters. The molecule has 1 aromatic rings. The molecule has 0 saturated carbocycles. The summed E-state index contributed by atoms with van der Waals surface area (Å²) in [6.07, 6.45) is -0.945. The summed E-state index contributed by atoms with van der Waals surface area (Å²) < 4.78 is 0. The largest absolute Gasteiger partial charge is 0.480 e. The van der Waals surface area contributed by atoms with Gasteiger partial charge in [-0.15, -0.1) is 0 Å². The molecule has 3 N–H and O–H groups in total. The van der Waals surface area contributed by atoms with Crippen molar-refractivity contribution in [3.05, 3.63) is 34.4 Å². The first-order valence-corrected chi connectivity index (χ1v) is 6.11. The van der Waals surface area contributed by atoms with Crippen LogP contribution >= 0.6 is 0 Å². The highest BCUT2D eigenvalue weighted by Gasteiger charge is 2.39. The van der Waals surface area contributed by atoms with Crippen molar-refractivity contribution >= 4 is 23.4 Å². The first-order valence-electron chi connectivity index (χ1n) is 6.11. The minimum atomic E-state index is -1.21. The number of nitro groups is 1. The Hall–Kier alpha value is -2.68. The van der Waals surface area contributed by atoms with E-state index in [0.717, 1.165) is 4.90 Å². The Labute approximate surface area is 118 Å². The lowest BCUT2D eigenvalue weighted by Crippen LogP contribution is -2.43. The van der Waals surface area contributed by atoms with Gasteiger partial charge in [0.25, 0.3) is 5.69 Å². The van der Waals surface area contributed by atoms with Crippen molar-refractivity contribution in [1.29, 1.82) is 0 Å². The number of carbonyl (C=O) groups excluding carboxylic acids is 1. The molecule has 0 unspecified atom stereocenters. The fourth-order valence-corrected chi connectivity index (χ4v) is 2.16. The van der Waals surface area contributed by atoms with Crippen LogP contribution < -0.4 is 5.32 Å². The van der Waals surface area contributed by atoms with Gasteiger partial charge in [-0.1, -0.05) is 6.07 Å². The molecule has 0 radical (unpaired) electrons. The number of rotatable bonds is 3. The summed E-state index contributed by atoms with van der Waals surface area (Å²) in [4.78, 5) is 34.1. The summed E-state index contributed by atoms with van der Waals surface area (Å²) in [7, 11) is 0. The van der Waals surface area contributed by atoms with Gasteiger partial charge in [0, 0.05) is 30.8 Å². The maximum absolute atomic E-state index is 12.0. The van der Waals surface area contributed by atoms with Crippen molar-refractivity contribution in [3.8, 4) is 0 Å². The number of carboxylic acid groups (broad SMARTS) is 1. The third-order valence-corrected chi connectivity index (χ3v) is 3.13. The van der Waals surface area contributed by atoms with E-state index in [1.165, 1.54) is 24.3 Å². The highest BCUT2D eigenvalue weighted by atomic mass is 16.6. The summed E-state index contributed by atoms with van der Waals surface area (Å²) >= 11 is 0. The number of carbonyl (C=O) groups is 2. The Morgan fingerprint density at radius 1 is 1.43 bits per heavy atom. The average Bonchev–Trinajstić information content (AvgIpc) is 2.81. The van der Waals surface area contributed by atoms with Crippen molar-refractivity contribution in [3.63, 3.8) is 0 Å². The molecule has 0 aromatic heterocycles.